The van der Waals surface area contributed by atoms with Crippen LogP contribution in [0.2, 0.25) is 0 Å². The highest BCUT2D eigenvalue weighted by atomic mass is 19.1. The Bertz CT molecular complexity index is 357. The summed E-state index contributed by atoms with van der Waals surface area (Å²) in [6.07, 6.45) is 3.48. The van der Waals surface area contributed by atoms with Gasteiger partial charge < -0.3 is 5.11 Å². The van der Waals surface area contributed by atoms with Gasteiger partial charge in [-0.15, -0.1) is 0 Å². The number of hydrogen-bond donors (Lipinski definition) is 1. The van der Waals surface area contributed by atoms with Gasteiger partial charge in [-0.25, -0.2) is 8.78 Å². The number of aliphatic hydroxyl groups is 1. The predicted octanol–water partition coefficient (Wildman–Crippen LogP) is 3.23. The minimum atomic E-state index is -0.374. The van der Waals surface area contributed by atoms with E-state index in [1.54, 1.807) is 0 Å². The second-order valence-electron chi connectivity index (χ2n) is 4.57. The molecule has 1 aromatic carbocycles. The first-order valence-electron chi connectivity index (χ1n) is 5.76. The highest BCUT2D eigenvalue weighted by Gasteiger charge is 2.24. The van der Waals surface area contributed by atoms with E-state index in [9.17, 15) is 8.78 Å². The molecule has 0 radical (unpaired) electrons. The molecule has 0 aromatic heterocycles. The second kappa shape index (κ2) is 4.91. The molecule has 0 heterocycles. The van der Waals surface area contributed by atoms with Crippen molar-refractivity contribution in [3.05, 3.63) is 35.4 Å². The Morgan fingerprint density at radius 1 is 1.12 bits per heavy atom. The van der Waals surface area contributed by atoms with Crippen LogP contribution in [0.4, 0.5) is 8.78 Å². The van der Waals surface area contributed by atoms with Crippen LogP contribution in [-0.4, -0.2) is 11.7 Å². The summed E-state index contributed by atoms with van der Waals surface area (Å²) in [5.41, 5.74) is 0.497. The molecule has 1 aromatic rings. The van der Waals surface area contributed by atoms with Crippen LogP contribution in [0.25, 0.3) is 0 Å². The number of halogens is 2. The topological polar surface area (TPSA) is 20.2 Å². The summed E-state index contributed by atoms with van der Waals surface area (Å²) < 4.78 is 26.6. The van der Waals surface area contributed by atoms with E-state index in [1.165, 1.54) is 12.1 Å². The normalized spacial score (nSPS) is 25.7. The number of benzene rings is 1. The lowest BCUT2D eigenvalue weighted by atomic mass is 9.79. The smallest absolute Gasteiger partial charge is 0.126 e. The molecule has 0 unspecified atom stereocenters. The summed E-state index contributed by atoms with van der Waals surface area (Å²) in [7, 11) is 0. The Morgan fingerprint density at radius 3 is 2.44 bits per heavy atom. The molecule has 88 valence electrons. The molecular weight excluding hydrogens is 210 g/mol. The van der Waals surface area contributed by atoms with E-state index in [0.717, 1.165) is 31.7 Å². The van der Waals surface area contributed by atoms with E-state index in [2.05, 4.69) is 0 Å². The van der Waals surface area contributed by atoms with Crippen LogP contribution in [-0.2, 0) is 0 Å². The molecule has 1 aliphatic carbocycles. The third-order valence-corrected chi connectivity index (χ3v) is 3.50. The van der Waals surface area contributed by atoms with E-state index in [-0.39, 0.29) is 24.2 Å². The molecular formula is C13H16F2O. The predicted molar refractivity (Wildman–Crippen MR) is 58.1 cm³/mol. The van der Waals surface area contributed by atoms with Crippen LogP contribution in [0.5, 0.6) is 0 Å². The molecule has 1 saturated carbocycles. The van der Waals surface area contributed by atoms with Gasteiger partial charge in [-0.3, -0.25) is 0 Å². The van der Waals surface area contributed by atoms with Crippen molar-refractivity contribution in [1.82, 2.24) is 0 Å². The molecule has 16 heavy (non-hydrogen) atoms. The molecule has 0 saturated heterocycles. The van der Waals surface area contributed by atoms with Gasteiger partial charge in [0.2, 0.25) is 0 Å². The van der Waals surface area contributed by atoms with Gasteiger partial charge in [0.05, 0.1) is 0 Å². The maximum absolute atomic E-state index is 13.5. The highest BCUT2D eigenvalue weighted by Crippen LogP contribution is 2.36. The van der Waals surface area contributed by atoms with Crippen LogP contribution in [0.15, 0.2) is 18.2 Å². The summed E-state index contributed by atoms with van der Waals surface area (Å²) in [5, 5.41) is 9.01. The van der Waals surface area contributed by atoms with Crippen molar-refractivity contribution >= 4 is 0 Å². The van der Waals surface area contributed by atoms with E-state index >= 15 is 0 Å². The van der Waals surface area contributed by atoms with E-state index in [1.807, 2.05) is 0 Å². The molecule has 0 aliphatic heterocycles. The molecule has 0 amide bonds. The molecule has 3 heteroatoms. The number of hydrogen-bond acceptors (Lipinski definition) is 1. The fraction of sp³-hybridized carbons (Fsp3) is 0.538. The largest absolute Gasteiger partial charge is 0.396 e. The second-order valence-corrected chi connectivity index (χ2v) is 4.57. The summed E-state index contributed by atoms with van der Waals surface area (Å²) in [5.74, 6) is -0.235. The third kappa shape index (κ3) is 2.40. The molecule has 0 atom stereocenters. The van der Waals surface area contributed by atoms with Crippen LogP contribution < -0.4 is 0 Å². The van der Waals surface area contributed by atoms with Crippen molar-refractivity contribution in [3.8, 4) is 0 Å². The first-order chi connectivity index (χ1) is 7.70. The van der Waals surface area contributed by atoms with Gasteiger partial charge >= 0.3 is 0 Å². The SMILES string of the molecule is OCC1CCC(c2cc(F)ccc2F)CC1. The average Bonchev–Trinajstić information content (AvgIpc) is 2.32. The minimum Gasteiger partial charge on any atom is -0.396 e. The van der Waals surface area contributed by atoms with Crippen molar-refractivity contribution in [2.75, 3.05) is 6.61 Å². The fourth-order valence-electron chi connectivity index (χ4n) is 2.48. The molecule has 2 rings (SSSR count). The van der Waals surface area contributed by atoms with Gasteiger partial charge in [0, 0.05) is 6.61 Å². The van der Waals surface area contributed by atoms with Crippen LogP contribution in [0.1, 0.15) is 37.2 Å². The zero-order valence-electron chi connectivity index (χ0n) is 9.13. The maximum Gasteiger partial charge on any atom is 0.126 e. The summed E-state index contributed by atoms with van der Waals surface area (Å²) in [4.78, 5) is 0. The van der Waals surface area contributed by atoms with Gasteiger partial charge in [-0.2, -0.15) is 0 Å². The fourth-order valence-corrected chi connectivity index (χ4v) is 2.48. The maximum atomic E-state index is 13.5. The van der Waals surface area contributed by atoms with E-state index < -0.39 is 0 Å². The molecule has 1 fully saturated rings. The lowest BCUT2D eigenvalue weighted by Gasteiger charge is -2.27. The lowest BCUT2D eigenvalue weighted by molar-refractivity contribution is 0.181. The van der Waals surface area contributed by atoms with Gasteiger partial charge in [0.25, 0.3) is 0 Å². The third-order valence-electron chi connectivity index (χ3n) is 3.50. The van der Waals surface area contributed by atoms with Gasteiger partial charge in [0.15, 0.2) is 0 Å². The lowest BCUT2D eigenvalue weighted by Crippen LogP contribution is -2.16. The quantitative estimate of drug-likeness (QED) is 0.820. The molecule has 0 bridgehead atoms. The standard InChI is InChI=1S/C13H16F2O/c14-11-5-6-13(15)12(7-11)10-3-1-9(8-16)2-4-10/h5-7,9-10,16H,1-4,8H2. The zero-order chi connectivity index (χ0) is 11.5. The average molecular weight is 226 g/mol. The Labute approximate surface area is 94.1 Å². The Morgan fingerprint density at radius 2 is 1.81 bits per heavy atom. The van der Waals surface area contributed by atoms with Crippen LogP contribution in [0, 0.1) is 17.6 Å². The van der Waals surface area contributed by atoms with Crippen LogP contribution >= 0.6 is 0 Å². The Kier molecular flexibility index (Phi) is 3.54. The van der Waals surface area contributed by atoms with Gasteiger partial charge in [0.1, 0.15) is 11.6 Å². The van der Waals surface area contributed by atoms with Crippen molar-refractivity contribution in [3.63, 3.8) is 0 Å². The number of rotatable bonds is 2. The molecule has 0 spiro atoms. The monoisotopic (exact) mass is 226 g/mol. The number of aliphatic hydroxyl groups excluding tert-OH is 1. The Hall–Kier alpha value is -0.960. The summed E-state index contributed by atoms with van der Waals surface area (Å²) >= 11 is 0. The molecule has 1 nitrogen and oxygen atoms in total. The Balaban J connectivity index is 2.10. The summed E-state index contributed by atoms with van der Waals surface area (Å²) in [6, 6.07) is 3.65. The summed E-state index contributed by atoms with van der Waals surface area (Å²) in [6.45, 7) is 0.207. The van der Waals surface area contributed by atoms with E-state index in [4.69, 9.17) is 5.11 Å². The first kappa shape index (κ1) is 11.5. The van der Waals surface area contributed by atoms with Gasteiger partial charge in [-0.05, 0) is 61.3 Å². The van der Waals surface area contributed by atoms with Crippen molar-refractivity contribution in [2.45, 2.75) is 31.6 Å². The minimum absolute atomic E-state index is 0.110. The van der Waals surface area contributed by atoms with Gasteiger partial charge in [-0.1, -0.05) is 0 Å². The van der Waals surface area contributed by atoms with E-state index in [0.29, 0.717) is 11.5 Å². The van der Waals surface area contributed by atoms with Crippen molar-refractivity contribution in [2.24, 2.45) is 5.92 Å². The van der Waals surface area contributed by atoms with Crippen LogP contribution in [0.3, 0.4) is 0 Å². The molecule has 1 aliphatic rings. The molecule has 1 N–H and O–H groups in total. The first-order valence-corrected chi connectivity index (χ1v) is 5.76. The van der Waals surface area contributed by atoms with Crippen molar-refractivity contribution in [1.29, 1.82) is 0 Å². The highest BCUT2D eigenvalue weighted by molar-refractivity contribution is 5.23. The zero-order valence-corrected chi connectivity index (χ0v) is 9.13. The van der Waals surface area contributed by atoms with Crippen molar-refractivity contribution < 1.29 is 13.9 Å².